The van der Waals surface area contributed by atoms with Crippen LogP contribution in [0.5, 0.6) is 0 Å². The second-order valence-electron chi connectivity index (χ2n) is 15.4. The maximum absolute atomic E-state index is 14.2. The van der Waals surface area contributed by atoms with Crippen molar-refractivity contribution in [2.75, 3.05) is 6.61 Å². The summed E-state index contributed by atoms with van der Waals surface area (Å²) in [6, 6.07) is 8.03. The lowest BCUT2D eigenvalue weighted by molar-refractivity contribution is -0.269. The molecule has 0 spiro atoms. The molecule has 0 aromatic heterocycles. The Bertz CT molecular complexity index is 1620. The SMILES string of the molecule is CC(=O)OCC(=O)O[C@@H]1[C@H]2[C@@H](OC(=O)c3ccccc3)[C@@H](C)C[C@]2(O)[C@H](OC(C)=O)[C@]2(C)[C@H](OC(C)=O)[C@@]1(OC(C)=O)C[C@H]1C(=O)C(C)(C)C[C@@H]12. The van der Waals surface area contributed by atoms with Crippen molar-refractivity contribution in [2.24, 2.45) is 34.5 Å². The van der Waals surface area contributed by atoms with Gasteiger partial charge in [-0.25, -0.2) is 9.59 Å². The van der Waals surface area contributed by atoms with E-state index < -0.39 is 113 Å². The molecule has 278 valence electrons. The molecule has 0 amide bonds. The van der Waals surface area contributed by atoms with Crippen LogP contribution in [-0.4, -0.2) is 88.9 Å². The first-order chi connectivity index (χ1) is 23.7. The molecule has 4 saturated carbocycles. The summed E-state index contributed by atoms with van der Waals surface area (Å²) in [5.74, 6) is -9.32. The maximum atomic E-state index is 14.2. The Kier molecular flexibility index (Phi) is 9.91. The molecule has 4 aliphatic carbocycles. The number of rotatable bonds is 8. The molecule has 14 heteroatoms. The van der Waals surface area contributed by atoms with Gasteiger partial charge in [-0.1, -0.05) is 45.9 Å². The molecule has 51 heavy (non-hydrogen) atoms. The van der Waals surface area contributed by atoms with Crippen LogP contribution in [0.3, 0.4) is 0 Å². The van der Waals surface area contributed by atoms with Crippen molar-refractivity contribution in [1.29, 1.82) is 0 Å². The number of benzene rings is 1. The van der Waals surface area contributed by atoms with E-state index in [-0.39, 0.29) is 30.6 Å². The zero-order chi connectivity index (χ0) is 37.8. The highest BCUT2D eigenvalue weighted by Crippen LogP contribution is 2.69. The van der Waals surface area contributed by atoms with E-state index in [0.29, 0.717) is 0 Å². The number of aliphatic hydroxyl groups is 1. The van der Waals surface area contributed by atoms with Crippen LogP contribution in [0.2, 0.25) is 0 Å². The van der Waals surface area contributed by atoms with Crippen molar-refractivity contribution in [3.05, 3.63) is 35.9 Å². The first kappa shape index (κ1) is 37.9. The predicted molar refractivity (Wildman–Crippen MR) is 173 cm³/mol. The third kappa shape index (κ3) is 6.40. The Morgan fingerprint density at radius 1 is 0.784 bits per heavy atom. The number of hydrogen-bond acceptors (Lipinski definition) is 14. The molecular formula is C37H46O14. The molecule has 0 aliphatic heterocycles. The fourth-order valence-corrected chi connectivity index (χ4v) is 9.77. The Hall–Kier alpha value is -4.33. The van der Waals surface area contributed by atoms with Gasteiger partial charge in [-0.15, -0.1) is 0 Å². The van der Waals surface area contributed by atoms with Crippen LogP contribution < -0.4 is 0 Å². The molecule has 4 aliphatic rings. The maximum Gasteiger partial charge on any atom is 0.344 e. The number of Topliss-reactive ketones (excluding diaryl/α,β-unsaturated/α-hetero) is 1. The summed E-state index contributed by atoms with van der Waals surface area (Å²) < 4.78 is 35.5. The zero-order valence-corrected chi connectivity index (χ0v) is 30.1. The van der Waals surface area contributed by atoms with Gasteiger partial charge in [0.05, 0.1) is 16.9 Å². The van der Waals surface area contributed by atoms with Gasteiger partial charge in [-0.3, -0.25) is 24.0 Å². The van der Waals surface area contributed by atoms with Gasteiger partial charge in [-0.2, -0.15) is 0 Å². The number of esters is 6. The quantitative estimate of drug-likeness (QED) is 0.305. The van der Waals surface area contributed by atoms with Crippen LogP contribution in [-0.2, 0) is 57.2 Å². The summed E-state index contributed by atoms with van der Waals surface area (Å²) in [5.41, 5.74) is -6.86. The average Bonchev–Trinajstić information content (AvgIpc) is 3.41. The summed E-state index contributed by atoms with van der Waals surface area (Å²) >= 11 is 0. The minimum absolute atomic E-state index is 0.175. The van der Waals surface area contributed by atoms with E-state index in [2.05, 4.69) is 0 Å². The van der Waals surface area contributed by atoms with Crippen molar-refractivity contribution in [3.8, 4) is 0 Å². The van der Waals surface area contributed by atoms with Crippen LogP contribution in [0.4, 0.5) is 0 Å². The van der Waals surface area contributed by atoms with Crippen molar-refractivity contribution in [1.82, 2.24) is 0 Å². The third-order valence-electron chi connectivity index (χ3n) is 11.3. The topological polar surface area (TPSA) is 195 Å². The minimum Gasteiger partial charge on any atom is -0.459 e. The number of ether oxygens (including phenoxy) is 6. The molecule has 0 heterocycles. The molecule has 14 nitrogen and oxygen atoms in total. The molecule has 1 aromatic rings. The van der Waals surface area contributed by atoms with Gasteiger partial charge in [0, 0.05) is 45.4 Å². The molecule has 0 saturated heterocycles. The van der Waals surface area contributed by atoms with Gasteiger partial charge >= 0.3 is 35.8 Å². The van der Waals surface area contributed by atoms with E-state index in [1.807, 2.05) is 0 Å². The molecule has 1 N–H and O–H groups in total. The first-order valence-electron chi connectivity index (χ1n) is 17.1. The number of fused-ring (bicyclic) bond motifs is 5. The number of hydrogen-bond donors (Lipinski definition) is 1. The van der Waals surface area contributed by atoms with Gasteiger partial charge < -0.3 is 33.5 Å². The Morgan fingerprint density at radius 2 is 1.39 bits per heavy atom. The molecule has 11 atom stereocenters. The lowest BCUT2D eigenvalue weighted by Crippen LogP contribution is -2.70. The van der Waals surface area contributed by atoms with Crippen molar-refractivity contribution in [2.45, 2.75) is 110 Å². The summed E-state index contributed by atoms with van der Waals surface area (Å²) in [5, 5.41) is 13.2. The van der Waals surface area contributed by atoms with Crippen molar-refractivity contribution >= 4 is 41.6 Å². The Labute approximate surface area is 295 Å². The van der Waals surface area contributed by atoms with Gasteiger partial charge in [0.2, 0.25) is 0 Å². The molecular weight excluding hydrogens is 668 g/mol. The lowest BCUT2D eigenvalue weighted by Gasteiger charge is -2.58. The largest absolute Gasteiger partial charge is 0.459 e. The Morgan fingerprint density at radius 3 is 1.96 bits per heavy atom. The highest BCUT2D eigenvalue weighted by atomic mass is 16.6. The number of carbonyl (C=O) groups is 7. The van der Waals surface area contributed by atoms with Crippen LogP contribution in [0.25, 0.3) is 0 Å². The summed E-state index contributed by atoms with van der Waals surface area (Å²) in [6.45, 7) is 10.4. The van der Waals surface area contributed by atoms with E-state index in [1.165, 1.54) is 12.1 Å². The normalized spacial score (nSPS) is 37.5. The van der Waals surface area contributed by atoms with Crippen LogP contribution in [0, 0.1) is 34.5 Å². The third-order valence-corrected chi connectivity index (χ3v) is 11.3. The van der Waals surface area contributed by atoms with Crippen molar-refractivity contribution in [3.63, 3.8) is 0 Å². The standard InChI is InChI=1S/C37H46O14/c1-18-14-36(45)27(28(18)50-31(44)23-12-10-9-11-13-23)30(49-26(42)17-46-19(2)38)37(51-22(5)41)15-24-25(16-34(6,7)29(24)43)35(8,32(36)47-20(3)39)33(37)48-21(4)40/h9-13,18,24-25,27-28,30,32-33,45H,14-17H2,1-8H3/t18-,24+,25-,27+,28-,30+,32+,33-,35+,36+,37+/m0/s1. The molecule has 0 unspecified atom stereocenters. The molecule has 0 radical (unpaired) electrons. The van der Waals surface area contributed by atoms with Crippen LogP contribution in [0.15, 0.2) is 30.3 Å². The van der Waals surface area contributed by atoms with Gasteiger partial charge in [-0.05, 0) is 36.8 Å². The highest BCUT2D eigenvalue weighted by molar-refractivity contribution is 5.90. The van der Waals surface area contributed by atoms with Gasteiger partial charge in [0.25, 0.3) is 0 Å². The van der Waals surface area contributed by atoms with E-state index in [1.54, 1.807) is 45.9 Å². The lowest BCUT2D eigenvalue weighted by atomic mass is 9.53. The predicted octanol–water partition coefficient (Wildman–Crippen LogP) is 2.89. The van der Waals surface area contributed by atoms with Crippen LogP contribution in [0.1, 0.15) is 85.0 Å². The summed E-state index contributed by atoms with van der Waals surface area (Å²) in [7, 11) is 0. The highest BCUT2D eigenvalue weighted by Gasteiger charge is 2.82. The summed E-state index contributed by atoms with van der Waals surface area (Å²) in [6.07, 6.45) is -6.55. The average molecular weight is 715 g/mol. The van der Waals surface area contributed by atoms with E-state index in [9.17, 15) is 38.7 Å². The van der Waals surface area contributed by atoms with E-state index in [0.717, 1.165) is 27.7 Å². The number of ketones is 1. The monoisotopic (exact) mass is 714 g/mol. The smallest absolute Gasteiger partial charge is 0.344 e. The molecule has 1 aromatic carbocycles. The van der Waals surface area contributed by atoms with Crippen LogP contribution >= 0.6 is 0 Å². The first-order valence-corrected chi connectivity index (χ1v) is 17.1. The van der Waals surface area contributed by atoms with Gasteiger partial charge in [0.1, 0.15) is 23.6 Å². The van der Waals surface area contributed by atoms with Crippen molar-refractivity contribution < 1.29 is 67.1 Å². The minimum atomic E-state index is -2.22. The Balaban J connectivity index is 1.85. The van der Waals surface area contributed by atoms with Gasteiger partial charge in [0.15, 0.2) is 24.4 Å². The fraction of sp³-hybridized carbons (Fsp3) is 0.649. The molecule has 2 bridgehead atoms. The second-order valence-corrected chi connectivity index (χ2v) is 15.4. The van der Waals surface area contributed by atoms with E-state index in [4.69, 9.17) is 28.4 Å². The number of carbonyl (C=O) groups excluding carboxylic acids is 7. The second kappa shape index (κ2) is 13.3. The summed E-state index contributed by atoms with van der Waals surface area (Å²) in [4.78, 5) is 92.6. The molecule has 4 fully saturated rings. The zero-order valence-electron chi connectivity index (χ0n) is 30.1. The van der Waals surface area contributed by atoms with E-state index >= 15 is 0 Å². The molecule has 5 rings (SSSR count). The fourth-order valence-electron chi connectivity index (χ4n) is 9.77.